The van der Waals surface area contributed by atoms with Gasteiger partial charge in [0.25, 0.3) is 0 Å². The average Bonchev–Trinajstić information content (AvgIpc) is 3.30. The molecule has 1 aliphatic heterocycles. The zero-order valence-electron chi connectivity index (χ0n) is 15.4. The van der Waals surface area contributed by atoms with E-state index in [2.05, 4.69) is 15.1 Å². The molecule has 0 amide bonds. The third kappa shape index (κ3) is 3.19. The second-order valence-corrected chi connectivity index (χ2v) is 7.03. The van der Waals surface area contributed by atoms with Crippen LogP contribution in [0.25, 0.3) is 22.4 Å². The maximum absolute atomic E-state index is 12.1. The average molecular weight is 388 g/mol. The lowest BCUT2D eigenvalue weighted by molar-refractivity contribution is -0.0369. The molecule has 0 radical (unpaired) electrons. The predicted octanol–water partition coefficient (Wildman–Crippen LogP) is 2.43. The Balaban J connectivity index is 1.98. The maximum atomic E-state index is 12.1. The van der Waals surface area contributed by atoms with Crippen molar-refractivity contribution in [2.75, 3.05) is 20.0 Å². The Morgan fingerprint density at radius 2 is 2.19 bits per heavy atom. The second-order valence-electron chi connectivity index (χ2n) is 6.24. The highest BCUT2D eigenvalue weighted by molar-refractivity contribution is 7.98. The third-order valence-corrected chi connectivity index (χ3v) is 5.15. The van der Waals surface area contributed by atoms with Crippen LogP contribution in [0.15, 0.2) is 17.3 Å². The minimum Gasteiger partial charge on any atom is -0.463 e. The number of rotatable bonds is 4. The minimum atomic E-state index is -0.580. The van der Waals surface area contributed by atoms with Gasteiger partial charge in [0.1, 0.15) is 16.4 Å². The molecule has 0 spiro atoms. The molecule has 0 bridgehead atoms. The lowest BCUT2D eigenvalue weighted by Crippen LogP contribution is -2.20. The highest BCUT2D eigenvalue weighted by Gasteiger charge is 2.27. The first-order valence-electron chi connectivity index (χ1n) is 8.66. The van der Waals surface area contributed by atoms with Crippen molar-refractivity contribution >= 4 is 28.8 Å². The molecule has 1 atom stereocenters. The lowest BCUT2D eigenvalue weighted by atomic mass is 10.2. The Kier molecular flexibility index (Phi) is 4.83. The molecular weight excluding hydrogens is 368 g/mol. The number of carbonyl (C=O) groups is 1. The molecule has 10 heteroatoms. The Morgan fingerprint density at radius 3 is 2.81 bits per heavy atom. The molecule has 1 aliphatic rings. The second kappa shape index (κ2) is 7.28. The van der Waals surface area contributed by atoms with Crippen molar-refractivity contribution in [1.29, 1.82) is 0 Å². The number of hydrogen-bond donors (Lipinski definition) is 0. The number of nitrogens with zero attached hydrogens (tertiary/aromatic N) is 6. The van der Waals surface area contributed by atoms with Crippen molar-refractivity contribution in [3.8, 4) is 11.4 Å². The van der Waals surface area contributed by atoms with Gasteiger partial charge >= 0.3 is 5.97 Å². The summed E-state index contributed by atoms with van der Waals surface area (Å²) in [5, 5.41) is 10.7. The molecular formula is C17H20N6O3S. The molecule has 27 heavy (non-hydrogen) atoms. The first-order chi connectivity index (χ1) is 13.1. The summed E-state index contributed by atoms with van der Waals surface area (Å²) in [4.78, 5) is 20.9. The van der Waals surface area contributed by atoms with Crippen LogP contribution >= 0.6 is 11.8 Å². The number of aromatic nitrogens is 6. The van der Waals surface area contributed by atoms with Crippen molar-refractivity contribution in [2.45, 2.75) is 30.5 Å². The van der Waals surface area contributed by atoms with Gasteiger partial charge in [0.05, 0.1) is 12.5 Å². The van der Waals surface area contributed by atoms with Crippen molar-refractivity contribution < 1.29 is 14.3 Å². The molecule has 0 N–H and O–H groups in total. The van der Waals surface area contributed by atoms with E-state index < -0.39 is 5.97 Å². The summed E-state index contributed by atoms with van der Waals surface area (Å²) < 4.78 is 14.2. The molecule has 0 saturated carbocycles. The van der Waals surface area contributed by atoms with E-state index >= 15 is 0 Å². The number of aryl methyl sites for hydroxylation is 1. The number of carbonyl (C=O) groups excluding carboxylic acids is 1. The summed E-state index contributed by atoms with van der Waals surface area (Å²) >= 11 is 1.43. The van der Waals surface area contributed by atoms with Gasteiger partial charge in [-0.05, 0) is 31.6 Å². The molecule has 1 fully saturated rings. The molecule has 4 rings (SSSR count). The minimum absolute atomic E-state index is 0.0129. The number of hydrogen-bond acceptors (Lipinski definition) is 8. The maximum Gasteiger partial charge on any atom is 0.376 e. The summed E-state index contributed by atoms with van der Waals surface area (Å²) in [5.74, 6) is -0.567. The van der Waals surface area contributed by atoms with Crippen LogP contribution in [0.2, 0.25) is 0 Å². The largest absolute Gasteiger partial charge is 0.463 e. The zero-order valence-corrected chi connectivity index (χ0v) is 16.2. The van der Waals surface area contributed by atoms with Crippen molar-refractivity contribution in [3.05, 3.63) is 18.1 Å². The first kappa shape index (κ1) is 17.9. The van der Waals surface area contributed by atoms with E-state index in [-0.39, 0.29) is 12.1 Å². The quantitative estimate of drug-likeness (QED) is 0.382. The third-order valence-electron chi connectivity index (χ3n) is 4.46. The van der Waals surface area contributed by atoms with E-state index in [0.29, 0.717) is 23.0 Å². The number of thioether (sulfide) groups is 1. The van der Waals surface area contributed by atoms with Crippen LogP contribution < -0.4 is 0 Å². The molecule has 0 aromatic carbocycles. The Bertz CT molecular complexity index is 992. The molecule has 1 saturated heterocycles. The summed E-state index contributed by atoms with van der Waals surface area (Å²) in [5.41, 5.74) is 1.96. The number of methoxy groups -OCH3 is 1. The van der Waals surface area contributed by atoms with Gasteiger partial charge in [-0.15, -0.1) is 11.8 Å². The van der Waals surface area contributed by atoms with E-state index in [9.17, 15) is 4.79 Å². The first-order valence-corrected chi connectivity index (χ1v) is 9.89. The number of ether oxygens (including phenoxy) is 2. The van der Waals surface area contributed by atoms with Crippen LogP contribution in [-0.2, 0) is 16.5 Å². The van der Waals surface area contributed by atoms with Gasteiger partial charge in [0, 0.05) is 19.9 Å². The molecule has 4 heterocycles. The fourth-order valence-corrected chi connectivity index (χ4v) is 3.75. The van der Waals surface area contributed by atoms with E-state index in [1.54, 1.807) is 9.36 Å². The van der Waals surface area contributed by atoms with Crippen molar-refractivity contribution in [3.63, 3.8) is 0 Å². The van der Waals surface area contributed by atoms with Crippen molar-refractivity contribution in [1.82, 2.24) is 29.5 Å². The topological polar surface area (TPSA) is 97.0 Å². The summed E-state index contributed by atoms with van der Waals surface area (Å²) in [6, 6.07) is 1.90. The van der Waals surface area contributed by atoms with Gasteiger partial charge in [-0.2, -0.15) is 10.2 Å². The van der Waals surface area contributed by atoms with Crippen LogP contribution in [0, 0.1) is 0 Å². The Hall–Kier alpha value is -2.46. The monoisotopic (exact) mass is 388 g/mol. The summed E-state index contributed by atoms with van der Waals surface area (Å²) in [7, 11) is 3.17. The van der Waals surface area contributed by atoms with Gasteiger partial charge in [-0.25, -0.2) is 19.4 Å². The molecule has 3 aromatic rings. The van der Waals surface area contributed by atoms with Gasteiger partial charge < -0.3 is 9.47 Å². The van der Waals surface area contributed by atoms with Gasteiger partial charge in [0.15, 0.2) is 11.9 Å². The highest BCUT2D eigenvalue weighted by atomic mass is 32.2. The Morgan fingerprint density at radius 1 is 1.33 bits per heavy atom. The molecule has 9 nitrogen and oxygen atoms in total. The standard InChI is InChI=1S/C17H20N6O3S/c1-22-8-7-10(20-22)13-12-15(23(21-13)11-6-4-5-9-26-11)18-14(17(24)25-2)19-16(12)27-3/h7-8,11H,4-6,9H2,1-3H3. The van der Waals surface area contributed by atoms with Gasteiger partial charge in [-0.1, -0.05) is 0 Å². The van der Waals surface area contributed by atoms with Crippen LogP contribution in [0.4, 0.5) is 0 Å². The van der Waals surface area contributed by atoms with E-state index in [1.165, 1.54) is 18.9 Å². The Labute approximate surface area is 160 Å². The van der Waals surface area contributed by atoms with E-state index in [1.807, 2.05) is 25.6 Å². The predicted molar refractivity (Wildman–Crippen MR) is 99.5 cm³/mol. The van der Waals surface area contributed by atoms with E-state index in [0.717, 1.165) is 30.3 Å². The van der Waals surface area contributed by atoms with E-state index in [4.69, 9.17) is 14.6 Å². The highest BCUT2D eigenvalue weighted by Crippen LogP contribution is 2.35. The molecule has 1 unspecified atom stereocenters. The van der Waals surface area contributed by atoms with Crippen molar-refractivity contribution in [2.24, 2.45) is 7.05 Å². The normalized spacial score (nSPS) is 17.4. The fraction of sp³-hybridized carbons (Fsp3) is 0.471. The fourth-order valence-electron chi connectivity index (χ4n) is 3.18. The molecule has 142 valence electrons. The smallest absolute Gasteiger partial charge is 0.376 e. The summed E-state index contributed by atoms with van der Waals surface area (Å²) in [6.45, 7) is 0.676. The number of esters is 1. The summed E-state index contributed by atoms with van der Waals surface area (Å²) in [6.07, 6.45) is 6.45. The van der Waals surface area contributed by atoms with Gasteiger partial charge in [0.2, 0.25) is 5.82 Å². The van der Waals surface area contributed by atoms with Crippen LogP contribution in [0.3, 0.4) is 0 Å². The molecule has 3 aromatic heterocycles. The van der Waals surface area contributed by atoms with Crippen LogP contribution in [-0.4, -0.2) is 55.5 Å². The number of fused-ring (bicyclic) bond motifs is 1. The molecule has 0 aliphatic carbocycles. The SMILES string of the molecule is COC(=O)c1nc(SC)c2c(-c3ccn(C)n3)nn(C3CCCCO3)c2n1. The van der Waals surface area contributed by atoms with Gasteiger partial charge in [-0.3, -0.25) is 4.68 Å². The lowest BCUT2D eigenvalue weighted by Gasteiger charge is -2.23. The van der Waals surface area contributed by atoms with Crippen LogP contribution in [0.5, 0.6) is 0 Å². The zero-order chi connectivity index (χ0) is 19.0. The van der Waals surface area contributed by atoms with Crippen LogP contribution in [0.1, 0.15) is 36.1 Å².